The number of hydrogen-bond donors (Lipinski definition) is 0. The van der Waals surface area contributed by atoms with Crippen LogP contribution in [0.3, 0.4) is 0 Å². The molecule has 1 aliphatic heterocycles. The summed E-state index contributed by atoms with van der Waals surface area (Å²) in [7, 11) is 1.73. The summed E-state index contributed by atoms with van der Waals surface area (Å²) in [5.74, 6) is 0. The quantitative estimate of drug-likeness (QED) is 0.658. The van der Waals surface area contributed by atoms with E-state index in [0.717, 1.165) is 32.7 Å². The molecule has 1 aliphatic rings. The molecule has 0 aliphatic carbocycles. The highest BCUT2D eigenvalue weighted by Gasteiger charge is 2.34. The van der Waals surface area contributed by atoms with Crippen molar-refractivity contribution in [2.45, 2.75) is 32.4 Å². The molecule has 0 spiro atoms. The summed E-state index contributed by atoms with van der Waals surface area (Å²) in [6.07, 6.45) is 1.31. The first-order valence-corrected chi connectivity index (χ1v) is 9.33. The lowest BCUT2D eigenvalue weighted by molar-refractivity contribution is -0.0697. The van der Waals surface area contributed by atoms with Gasteiger partial charge in [-0.3, -0.25) is 4.90 Å². The zero-order valence-corrected chi connectivity index (χ0v) is 15.7. The molecule has 0 amide bonds. The molecule has 0 aromatic heterocycles. The predicted molar refractivity (Wildman–Crippen MR) is 104 cm³/mol. The van der Waals surface area contributed by atoms with Crippen molar-refractivity contribution in [3.05, 3.63) is 71.8 Å². The normalized spacial score (nSPS) is 14.7. The third kappa shape index (κ3) is 5.67. The standard InChI is InChI=1S/C20H25NO2.C2H6/c1-22-13-8-14-23-19-15-21(16-19)20(17-9-4-2-5-10-17)18-11-6-3-7-12-18;1-2/h2-7,9-12,19-20H,8,13-16H2,1H3;1-2H3. The molecule has 0 N–H and O–H groups in total. The Kier molecular flexibility index (Phi) is 8.67. The van der Waals surface area contributed by atoms with E-state index in [4.69, 9.17) is 9.47 Å². The number of benzene rings is 2. The van der Waals surface area contributed by atoms with Gasteiger partial charge in [0.05, 0.1) is 12.1 Å². The zero-order valence-electron chi connectivity index (χ0n) is 15.7. The summed E-state index contributed by atoms with van der Waals surface area (Å²) in [5.41, 5.74) is 2.69. The third-order valence-electron chi connectivity index (χ3n) is 4.32. The van der Waals surface area contributed by atoms with E-state index in [0.29, 0.717) is 12.1 Å². The molecule has 0 bridgehead atoms. The van der Waals surface area contributed by atoms with Crippen molar-refractivity contribution in [1.82, 2.24) is 4.90 Å². The second-order valence-corrected chi connectivity index (χ2v) is 6.02. The van der Waals surface area contributed by atoms with Crippen molar-refractivity contribution in [1.29, 1.82) is 0 Å². The van der Waals surface area contributed by atoms with Crippen molar-refractivity contribution in [3.63, 3.8) is 0 Å². The van der Waals surface area contributed by atoms with Gasteiger partial charge in [0.2, 0.25) is 0 Å². The van der Waals surface area contributed by atoms with Crippen LogP contribution in [0.2, 0.25) is 0 Å². The molecule has 3 rings (SSSR count). The molecule has 136 valence electrons. The minimum Gasteiger partial charge on any atom is -0.385 e. The largest absolute Gasteiger partial charge is 0.385 e. The maximum atomic E-state index is 5.91. The van der Waals surface area contributed by atoms with Crippen LogP contribution in [0.5, 0.6) is 0 Å². The number of hydrogen-bond acceptors (Lipinski definition) is 3. The predicted octanol–water partition coefficient (Wildman–Crippen LogP) is 4.54. The monoisotopic (exact) mass is 341 g/mol. The fourth-order valence-corrected chi connectivity index (χ4v) is 3.12. The second kappa shape index (κ2) is 11.0. The van der Waals surface area contributed by atoms with Crippen LogP contribution in [0.15, 0.2) is 60.7 Å². The van der Waals surface area contributed by atoms with Crippen molar-refractivity contribution in [2.24, 2.45) is 0 Å². The van der Waals surface area contributed by atoms with Crippen LogP contribution in [0.25, 0.3) is 0 Å². The van der Waals surface area contributed by atoms with Crippen LogP contribution < -0.4 is 0 Å². The Morgan fingerprint density at radius 2 is 1.40 bits per heavy atom. The van der Waals surface area contributed by atoms with Gasteiger partial charge in [-0.05, 0) is 17.5 Å². The van der Waals surface area contributed by atoms with Crippen LogP contribution in [0.1, 0.15) is 37.4 Å². The van der Waals surface area contributed by atoms with Gasteiger partial charge in [0.1, 0.15) is 0 Å². The molecule has 1 saturated heterocycles. The Balaban J connectivity index is 0.00000109. The third-order valence-corrected chi connectivity index (χ3v) is 4.32. The van der Waals surface area contributed by atoms with E-state index in [1.165, 1.54) is 11.1 Å². The summed E-state index contributed by atoms with van der Waals surface area (Å²) < 4.78 is 11.0. The Morgan fingerprint density at radius 3 is 1.88 bits per heavy atom. The molecule has 25 heavy (non-hydrogen) atoms. The van der Waals surface area contributed by atoms with Gasteiger partial charge in [-0.15, -0.1) is 0 Å². The summed E-state index contributed by atoms with van der Waals surface area (Å²) in [6, 6.07) is 21.8. The van der Waals surface area contributed by atoms with E-state index in [9.17, 15) is 0 Å². The molecule has 2 aromatic carbocycles. The Morgan fingerprint density at radius 1 is 0.880 bits per heavy atom. The van der Waals surface area contributed by atoms with E-state index >= 15 is 0 Å². The summed E-state index contributed by atoms with van der Waals surface area (Å²) in [6.45, 7) is 7.53. The van der Waals surface area contributed by atoms with Gasteiger partial charge in [0.15, 0.2) is 0 Å². The van der Waals surface area contributed by atoms with Gasteiger partial charge < -0.3 is 9.47 Å². The lowest BCUT2D eigenvalue weighted by atomic mass is 9.94. The summed E-state index contributed by atoms with van der Waals surface area (Å²) >= 11 is 0. The minimum absolute atomic E-state index is 0.316. The average molecular weight is 341 g/mol. The Labute approximate surface area is 152 Å². The molecule has 3 heteroatoms. The molecular formula is C22H31NO2. The van der Waals surface area contributed by atoms with Crippen LogP contribution in [-0.4, -0.2) is 44.4 Å². The molecule has 1 heterocycles. The van der Waals surface area contributed by atoms with Crippen molar-refractivity contribution in [3.8, 4) is 0 Å². The molecule has 3 nitrogen and oxygen atoms in total. The Bertz CT molecular complexity index is 528. The maximum Gasteiger partial charge on any atom is 0.0829 e. The van der Waals surface area contributed by atoms with E-state index in [-0.39, 0.29) is 0 Å². The van der Waals surface area contributed by atoms with Crippen molar-refractivity contribution in [2.75, 3.05) is 33.4 Å². The fourth-order valence-electron chi connectivity index (χ4n) is 3.12. The molecule has 1 fully saturated rings. The van der Waals surface area contributed by atoms with Gasteiger partial charge in [-0.25, -0.2) is 0 Å². The number of methoxy groups -OCH3 is 1. The lowest BCUT2D eigenvalue weighted by Gasteiger charge is -2.44. The van der Waals surface area contributed by atoms with Crippen LogP contribution in [0.4, 0.5) is 0 Å². The number of ether oxygens (including phenoxy) is 2. The topological polar surface area (TPSA) is 21.7 Å². The number of rotatable bonds is 8. The van der Waals surface area contributed by atoms with Crippen LogP contribution >= 0.6 is 0 Å². The summed E-state index contributed by atoms with van der Waals surface area (Å²) in [4.78, 5) is 2.49. The van der Waals surface area contributed by atoms with Crippen LogP contribution in [-0.2, 0) is 9.47 Å². The number of nitrogens with zero attached hydrogens (tertiary/aromatic N) is 1. The van der Waals surface area contributed by atoms with Gasteiger partial charge in [-0.2, -0.15) is 0 Å². The highest BCUT2D eigenvalue weighted by atomic mass is 16.5. The summed E-state index contributed by atoms with van der Waals surface area (Å²) in [5, 5.41) is 0. The smallest absolute Gasteiger partial charge is 0.0829 e. The average Bonchev–Trinajstić information content (AvgIpc) is 2.66. The van der Waals surface area contributed by atoms with E-state index < -0.39 is 0 Å². The fraction of sp³-hybridized carbons (Fsp3) is 0.455. The molecule has 0 radical (unpaired) electrons. The first-order valence-electron chi connectivity index (χ1n) is 9.33. The first kappa shape index (κ1) is 19.6. The minimum atomic E-state index is 0.316. The van der Waals surface area contributed by atoms with Crippen molar-refractivity contribution < 1.29 is 9.47 Å². The van der Waals surface area contributed by atoms with Crippen LogP contribution in [0, 0.1) is 0 Å². The lowest BCUT2D eigenvalue weighted by Crippen LogP contribution is -2.53. The first-order chi connectivity index (χ1) is 12.4. The van der Waals surface area contributed by atoms with Gasteiger partial charge >= 0.3 is 0 Å². The maximum absolute atomic E-state index is 5.91. The van der Waals surface area contributed by atoms with E-state index in [2.05, 4.69) is 65.6 Å². The second-order valence-electron chi connectivity index (χ2n) is 6.02. The van der Waals surface area contributed by atoms with Gasteiger partial charge in [0.25, 0.3) is 0 Å². The molecule has 2 aromatic rings. The molecule has 0 saturated carbocycles. The Hall–Kier alpha value is -1.68. The van der Waals surface area contributed by atoms with E-state index in [1.807, 2.05) is 13.8 Å². The molecular weight excluding hydrogens is 310 g/mol. The highest BCUT2D eigenvalue weighted by molar-refractivity contribution is 5.32. The molecule has 0 unspecified atom stereocenters. The van der Waals surface area contributed by atoms with Gasteiger partial charge in [-0.1, -0.05) is 74.5 Å². The number of likely N-dealkylation sites (tertiary alicyclic amines) is 1. The zero-order chi connectivity index (χ0) is 17.9. The SMILES string of the molecule is CC.COCCCOC1CN(C(c2ccccc2)c2ccccc2)C1. The van der Waals surface area contributed by atoms with Gasteiger partial charge in [0, 0.05) is 33.4 Å². The molecule has 0 atom stereocenters. The van der Waals surface area contributed by atoms with Crippen molar-refractivity contribution >= 4 is 0 Å². The van der Waals surface area contributed by atoms with E-state index in [1.54, 1.807) is 7.11 Å². The highest BCUT2D eigenvalue weighted by Crippen LogP contribution is 2.32.